The molecule has 1 N–H and O–H groups in total. The lowest BCUT2D eigenvalue weighted by Gasteiger charge is -2.26. The number of nitrogens with one attached hydrogen (secondary N) is 1. The summed E-state index contributed by atoms with van der Waals surface area (Å²) in [6.45, 7) is 2.22. The minimum atomic E-state index is -0.953. The van der Waals surface area contributed by atoms with E-state index in [1.54, 1.807) is 19.1 Å². The zero-order chi connectivity index (χ0) is 29.1. The number of rotatable bonds is 8. The van der Waals surface area contributed by atoms with Gasteiger partial charge in [0.2, 0.25) is 5.75 Å². The molecule has 15 heteroatoms. The van der Waals surface area contributed by atoms with E-state index in [4.69, 9.17) is 32.7 Å². The number of benzene rings is 3. The topological polar surface area (TPSA) is 171 Å². The molecule has 40 heavy (non-hydrogen) atoms. The maximum absolute atomic E-state index is 13.2. The van der Waals surface area contributed by atoms with Crippen molar-refractivity contribution in [3.63, 3.8) is 0 Å². The maximum atomic E-state index is 13.2. The number of anilines is 1. The molecule has 0 saturated carbocycles. The zero-order valence-corrected chi connectivity index (χ0v) is 21.8. The van der Waals surface area contributed by atoms with Crippen molar-refractivity contribution < 1.29 is 33.7 Å². The summed E-state index contributed by atoms with van der Waals surface area (Å²) in [5.41, 5.74) is -1.27. The first-order valence-electron chi connectivity index (χ1n) is 11.2. The Balaban J connectivity index is 1.65. The molecule has 3 aromatic rings. The van der Waals surface area contributed by atoms with E-state index in [-0.39, 0.29) is 32.8 Å². The number of carbonyl (C=O) groups excluding carboxylic acids is 3. The number of barbiturate groups is 1. The fourth-order valence-electron chi connectivity index (χ4n) is 3.64. The lowest BCUT2D eigenvalue weighted by Crippen LogP contribution is -2.54. The summed E-state index contributed by atoms with van der Waals surface area (Å²) in [4.78, 5) is 59.6. The zero-order valence-electron chi connectivity index (χ0n) is 20.3. The number of hydrogen-bond acceptors (Lipinski definition) is 9. The Morgan fingerprint density at radius 1 is 0.950 bits per heavy atom. The van der Waals surface area contributed by atoms with Gasteiger partial charge in [-0.15, -0.1) is 0 Å². The van der Waals surface area contributed by atoms with Gasteiger partial charge in [-0.1, -0.05) is 23.2 Å². The molecule has 1 aliphatic rings. The lowest BCUT2D eigenvalue weighted by atomic mass is 10.1. The van der Waals surface area contributed by atoms with Crippen molar-refractivity contribution in [3.8, 4) is 17.2 Å². The molecule has 0 aromatic heterocycles. The smallest absolute Gasteiger partial charge is 0.335 e. The number of amides is 4. The number of nitrogens with zero attached hydrogens (tertiary/aromatic N) is 3. The van der Waals surface area contributed by atoms with Crippen LogP contribution in [0.4, 0.5) is 21.9 Å². The van der Waals surface area contributed by atoms with Crippen LogP contribution in [0.5, 0.6) is 17.2 Å². The monoisotopic (exact) mass is 586 g/mol. The standard InChI is InChI=1S/C25H16Cl2N4O9/c1-2-39-16-6-3-14(4-7-16)29-24(33)17(23(32)28-25(29)34)9-13-10-18(26)22(19(27)11-13)40-21-8-5-15(30(35)36)12-20(21)31(37)38/h3-12H,2H2,1H3,(H,28,32,34)/b17-9+. The molecule has 1 heterocycles. The first kappa shape index (κ1) is 28.0. The van der Waals surface area contributed by atoms with Gasteiger partial charge in [-0.05, 0) is 61.0 Å². The highest BCUT2D eigenvalue weighted by atomic mass is 35.5. The quantitative estimate of drug-likeness (QED) is 0.151. The van der Waals surface area contributed by atoms with Gasteiger partial charge in [0.25, 0.3) is 17.5 Å². The molecule has 1 saturated heterocycles. The van der Waals surface area contributed by atoms with E-state index in [2.05, 4.69) is 5.32 Å². The van der Waals surface area contributed by atoms with Crippen LogP contribution in [0, 0.1) is 20.2 Å². The largest absolute Gasteiger partial charge is 0.494 e. The number of hydrogen-bond donors (Lipinski definition) is 1. The third kappa shape index (κ3) is 5.70. The van der Waals surface area contributed by atoms with Crippen LogP contribution in [0.3, 0.4) is 0 Å². The van der Waals surface area contributed by atoms with Crippen LogP contribution in [0.25, 0.3) is 6.08 Å². The number of ether oxygens (including phenoxy) is 2. The number of non-ortho nitro benzene ring substituents is 1. The maximum Gasteiger partial charge on any atom is 0.335 e. The van der Waals surface area contributed by atoms with E-state index in [9.17, 15) is 34.6 Å². The van der Waals surface area contributed by atoms with Crippen molar-refractivity contribution in [2.75, 3.05) is 11.5 Å². The number of urea groups is 1. The minimum Gasteiger partial charge on any atom is -0.494 e. The van der Waals surface area contributed by atoms with Crippen LogP contribution in [-0.4, -0.2) is 34.3 Å². The van der Waals surface area contributed by atoms with Gasteiger partial charge >= 0.3 is 11.7 Å². The van der Waals surface area contributed by atoms with E-state index < -0.39 is 44.6 Å². The van der Waals surface area contributed by atoms with E-state index in [0.717, 1.165) is 29.2 Å². The Bertz CT molecular complexity index is 1580. The number of nitro benzene ring substituents is 2. The van der Waals surface area contributed by atoms with E-state index in [1.807, 2.05) is 0 Å². The number of halogens is 2. The SMILES string of the molecule is CCOc1ccc(N2C(=O)NC(=O)/C(=C\c3cc(Cl)c(Oc4ccc([N+](=O)[O-])cc4[N+](=O)[O-])c(Cl)c3)C2=O)cc1. The summed E-state index contributed by atoms with van der Waals surface area (Å²) < 4.78 is 10.9. The summed E-state index contributed by atoms with van der Waals surface area (Å²) in [7, 11) is 0. The number of nitro groups is 2. The van der Waals surface area contributed by atoms with Gasteiger partial charge in [0.05, 0.1) is 38.3 Å². The molecule has 0 bridgehead atoms. The average molecular weight is 587 g/mol. The van der Waals surface area contributed by atoms with Crippen LogP contribution in [0.1, 0.15) is 12.5 Å². The molecular weight excluding hydrogens is 571 g/mol. The highest BCUT2D eigenvalue weighted by Crippen LogP contribution is 2.41. The fraction of sp³-hybridized carbons (Fsp3) is 0.0800. The fourth-order valence-corrected chi connectivity index (χ4v) is 4.22. The molecule has 4 rings (SSSR count). The third-order valence-corrected chi connectivity index (χ3v) is 5.96. The van der Waals surface area contributed by atoms with Crippen molar-refractivity contribution in [1.29, 1.82) is 0 Å². The Hall–Kier alpha value is -5.01. The normalized spacial score (nSPS) is 14.2. The summed E-state index contributed by atoms with van der Waals surface area (Å²) in [6, 6.07) is 10.4. The Labute approximate surface area is 234 Å². The van der Waals surface area contributed by atoms with Crippen molar-refractivity contribution in [3.05, 3.63) is 96.0 Å². The third-order valence-electron chi connectivity index (χ3n) is 5.40. The Kier molecular flexibility index (Phi) is 7.98. The van der Waals surface area contributed by atoms with Gasteiger partial charge in [0, 0.05) is 6.07 Å². The molecule has 0 spiro atoms. The van der Waals surface area contributed by atoms with Crippen molar-refractivity contribution >= 4 is 64.2 Å². The molecule has 13 nitrogen and oxygen atoms in total. The number of imide groups is 2. The molecule has 0 aliphatic carbocycles. The molecule has 1 aliphatic heterocycles. The average Bonchev–Trinajstić information content (AvgIpc) is 2.89. The Morgan fingerprint density at radius 2 is 1.60 bits per heavy atom. The first-order valence-corrected chi connectivity index (χ1v) is 12.0. The molecule has 0 atom stereocenters. The number of carbonyl (C=O) groups is 3. The van der Waals surface area contributed by atoms with Crippen LogP contribution >= 0.6 is 23.2 Å². The molecule has 204 valence electrons. The summed E-state index contributed by atoms with van der Waals surface area (Å²) in [5.74, 6) is -1.92. The molecule has 3 aromatic carbocycles. The van der Waals surface area contributed by atoms with Crippen molar-refractivity contribution in [2.24, 2.45) is 0 Å². The molecular formula is C25H16Cl2N4O9. The summed E-state index contributed by atoms with van der Waals surface area (Å²) >= 11 is 12.6. The van der Waals surface area contributed by atoms with Crippen LogP contribution < -0.4 is 19.7 Å². The van der Waals surface area contributed by atoms with Crippen LogP contribution in [0.15, 0.2) is 60.2 Å². The minimum absolute atomic E-state index is 0.157. The summed E-state index contributed by atoms with van der Waals surface area (Å²) in [6.07, 6.45) is 1.15. The lowest BCUT2D eigenvalue weighted by molar-refractivity contribution is -0.394. The van der Waals surface area contributed by atoms with Crippen LogP contribution in [0.2, 0.25) is 10.0 Å². The van der Waals surface area contributed by atoms with E-state index in [0.29, 0.717) is 12.4 Å². The van der Waals surface area contributed by atoms with Gasteiger partial charge in [0.15, 0.2) is 5.75 Å². The van der Waals surface area contributed by atoms with Gasteiger partial charge in [0.1, 0.15) is 11.3 Å². The van der Waals surface area contributed by atoms with E-state index >= 15 is 0 Å². The Morgan fingerprint density at radius 3 is 2.17 bits per heavy atom. The first-order chi connectivity index (χ1) is 19.0. The summed E-state index contributed by atoms with van der Waals surface area (Å²) in [5, 5.41) is 24.2. The molecule has 1 fully saturated rings. The van der Waals surface area contributed by atoms with Crippen molar-refractivity contribution in [1.82, 2.24) is 5.32 Å². The highest BCUT2D eigenvalue weighted by Gasteiger charge is 2.37. The van der Waals surface area contributed by atoms with Gasteiger partial charge in [-0.3, -0.25) is 35.1 Å². The molecule has 0 unspecified atom stereocenters. The van der Waals surface area contributed by atoms with Gasteiger partial charge < -0.3 is 9.47 Å². The molecule has 4 amide bonds. The molecule has 0 radical (unpaired) electrons. The second kappa shape index (κ2) is 11.4. The highest BCUT2D eigenvalue weighted by molar-refractivity contribution is 6.40. The second-order valence-corrected chi connectivity index (χ2v) is 8.78. The predicted molar refractivity (Wildman–Crippen MR) is 143 cm³/mol. The second-order valence-electron chi connectivity index (χ2n) is 7.97. The van der Waals surface area contributed by atoms with Gasteiger partial charge in [-0.2, -0.15) is 0 Å². The van der Waals surface area contributed by atoms with Crippen molar-refractivity contribution in [2.45, 2.75) is 6.92 Å². The van der Waals surface area contributed by atoms with Crippen LogP contribution in [-0.2, 0) is 9.59 Å². The van der Waals surface area contributed by atoms with E-state index in [1.165, 1.54) is 24.3 Å². The predicted octanol–water partition coefficient (Wildman–Crippen LogP) is 5.67. The van der Waals surface area contributed by atoms with Gasteiger partial charge in [-0.25, -0.2) is 9.69 Å².